The van der Waals surface area contributed by atoms with Gasteiger partial charge in [0.1, 0.15) is 22.6 Å². The molecule has 0 spiro atoms. The number of methoxy groups -OCH3 is 2. The van der Waals surface area contributed by atoms with Gasteiger partial charge in [-0.25, -0.2) is 9.59 Å². The highest BCUT2D eigenvalue weighted by Crippen LogP contribution is 2.28. The molecule has 0 aliphatic heterocycles. The maximum absolute atomic E-state index is 12.2. The van der Waals surface area contributed by atoms with E-state index < -0.39 is 11.9 Å². The summed E-state index contributed by atoms with van der Waals surface area (Å²) in [6.07, 6.45) is 1.41. The van der Waals surface area contributed by atoms with Gasteiger partial charge in [-0.1, -0.05) is 48.5 Å². The molecular weight excluding hydrogens is 432 g/mol. The molecule has 6 nitrogen and oxygen atoms in total. The number of carbonyl (C=O) groups excluding carboxylic acids is 2. The van der Waals surface area contributed by atoms with Crippen LogP contribution in [0, 0.1) is 0 Å². The minimum Gasteiger partial charge on any atom is -0.493 e. The molecule has 0 atom stereocenters. The molecule has 0 N–H and O–H groups in total. The largest absolute Gasteiger partial charge is 0.493 e. The third-order valence-electron chi connectivity index (χ3n) is 5.56. The summed E-state index contributed by atoms with van der Waals surface area (Å²) in [6.45, 7) is 0.820. The molecule has 6 heteroatoms. The first-order chi connectivity index (χ1) is 16.6. The zero-order valence-electron chi connectivity index (χ0n) is 19.2. The maximum Gasteiger partial charge on any atom is 0.341 e. The standard InChI is InChI=1S/C28H26O6/c1-31-27(29)23-15-19-9-3-5-11-21(19)17-25(23)33-13-7-8-14-34-26-18-22-12-6-4-10-20(22)16-24(26)28(30)32-2/h3-6,9-12,15-18H,7-8,13-14H2,1-2H3. The van der Waals surface area contributed by atoms with Gasteiger partial charge < -0.3 is 18.9 Å². The number of hydrogen-bond donors (Lipinski definition) is 0. The van der Waals surface area contributed by atoms with Crippen LogP contribution in [0.15, 0.2) is 72.8 Å². The monoisotopic (exact) mass is 458 g/mol. The van der Waals surface area contributed by atoms with Gasteiger partial charge in [0.05, 0.1) is 27.4 Å². The summed E-state index contributed by atoms with van der Waals surface area (Å²) in [5, 5.41) is 3.86. The molecule has 0 saturated carbocycles. The lowest BCUT2D eigenvalue weighted by atomic mass is 10.1. The third-order valence-corrected chi connectivity index (χ3v) is 5.56. The van der Waals surface area contributed by atoms with Gasteiger partial charge in [-0.05, 0) is 58.7 Å². The van der Waals surface area contributed by atoms with Crippen molar-refractivity contribution in [3.63, 3.8) is 0 Å². The third kappa shape index (κ3) is 5.12. The molecule has 34 heavy (non-hydrogen) atoms. The maximum atomic E-state index is 12.2. The molecule has 0 amide bonds. The summed E-state index contributed by atoms with van der Waals surface area (Å²) < 4.78 is 21.7. The van der Waals surface area contributed by atoms with Crippen molar-refractivity contribution in [3.8, 4) is 11.5 Å². The summed E-state index contributed by atoms with van der Waals surface area (Å²) in [7, 11) is 2.71. The van der Waals surface area contributed by atoms with Gasteiger partial charge in [-0.3, -0.25) is 0 Å². The van der Waals surface area contributed by atoms with Crippen LogP contribution in [0.2, 0.25) is 0 Å². The Balaban J connectivity index is 1.38. The van der Waals surface area contributed by atoms with Crippen LogP contribution in [0.1, 0.15) is 33.6 Å². The smallest absolute Gasteiger partial charge is 0.341 e. The number of benzene rings is 4. The van der Waals surface area contributed by atoms with E-state index in [1.807, 2.05) is 60.7 Å². The van der Waals surface area contributed by atoms with E-state index in [2.05, 4.69) is 0 Å². The van der Waals surface area contributed by atoms with Crippen LogP contribution in [0.3, 0.4) is 0 Å². The summed E-state index contributed by atoms with van der Waals surface area (Å²) in [6, 6.07) is 22.8. The van der Waals surface area contributed by atoms with Crippen LogP contribution < -0.4 is 9.47 Å². The Labute approximate surface area is 198 Å². The van der Waals surface area contributed by atoms with Crippen LogP contribution in [0.25, 0.3) is 21.5 Å². The van der Waals surface area contributed by atoms with E-state index in [0.717, 1.165) is 21.5 Å². The molecule has 0 heterocycles. The minimum absolute atomic E-state index is 0.399. The van der Waals surface area contributed by atoms with Crippen molar-refractivity contribution in [2.75, 3.05) is 27.4 Å². The molecule has 174 valence electrons. The van der Waals surface area contributed by atoms with Crippen LogP contribution in [0.4, 0.5) is 0 Å². The fourth-order valence-corrected chi connectivity index (χ4v) is 3.78. The fourth-order valence-electron chi connectivity index (χ4n) is 3.78. The molecule has 4 aromatic carbocycles. The molecule has 4 rings (SSSR count). The molecular formula is C28H26O6. The lowest BCUT2D eigenvalue weighted by molar-refractivity contribution is 0.0586. The van der Waals surface area contributed by atoms with Gasteiger partial charge in [0, 0.05) is 0 Å². The number of hydrogen-bond acceptors (Lipinski definition) is 6. The average molecular weight is 459 g/mol. The number of esters is 2. The molecule has 0 bridgehead atoms. The summed E-state index contributed by atoms with van der Waals surface area (Å²) in [4.78, 5) is 24.4. The Morgan fingerprint density at radius 2 is 0.941 bits per heavy atom. The molecule has 0 fully saturated rings. The van der Waals surface area contributed by atoms with E-state index in [4.69, 9.17) is 18.9 Å². The van der Waals surface area contributed by atoms with Gasteiger partial charge in [-0.2, -0.15) is 0 Å². The molecule has 0 aliphatic carbocycles. The SMILES string of the molecule is COC(=O)c1cc2ccccc2cc1OCCCCOc1cc2ccccc2cc1C(=O)OC. The summed E-state index contributed by atoms with van der Waals surface area (Å²) in [5.41, 5.74) is 0.799. The van der Waals surface area contributed by atoms with Crippen molar-refractivity contribution in [1.82, 2.24) is 0 Å². The van der Waals surface area contributed by atoms with Crippen molar-refractivity contribution < 1.29 is 28.5 Å². The van der Waals surface area contributed by atoms with Crippen molar-refractivity contribution in [2.45, 2.75) is 12.8 Å². The highest BCUT2D eigenvalue weighted by atomic mass is 16.5. The van der Waals surface area contributed by atoms with Crippen molar-refractivity contribution >= 4 is 33.5 Å². The van der Waals surface area contributed by atoms with Crippen molar-refractivity contribution in [3.05, 3.63) is 83.9 Å². The van der Waals surface area contributed by atoms with Gasteiger partial charge >= 0.3 is 11.9 Å². The molecule has 0 saturated heterocycles. The van der Waals surface area contributed by atoms with Crippen LogP contribution in [0.5, 0.6) is 11.5 Å². The highest BCUT2D eigenvalue weighted by Gasteiger charge is 2.16. The first kappa shape index (κ1) is 23.1. The van der Waals surface area contributed by atoms with E-state index in [-0.39, 0.29) is 0 Å². The van der Waals surface area contributed by atoms with Gasteiger partial charge in [0.15, 0.2) is 0 Å². The Morgan fingerprint density at radius 3 is 1.29 bits per heavy atom. The summed E-state index contributed by atoms with van der Waals surface area (Å²) >= 11 is 0. The predicted molar refractivity (Wildman–Crippen MR) is 131 cm³/mol. The Bertz CT molecular complexity index is 1220. The first-order valence-electron chi connectivity index (χ1n) is 11.1. The van der Waals surface area contributed by atoms with Crippen LogP contribution in [-0.2, 0) is 9.47 Å². The topological polar surface area (TPSA) is 71.1 Å². The zero-order valence-corrected chi connectivity index (χ0v) is 19.2. The van der Waals surface area contributed by atoms with Crippen LogP contribution in [-0.4, -0.2) is 39.4 Å². The van der Waals surface area contributed by atoms with E-state index in [9.17, 15) is 9.59 Å². The molecule has 4 aromatic rings. The highest BCUT2D eigenvalue weighted by molar-refractivity contribution is 5.99. The van der Waals surface area contributed by atoms with E-state index in [1.165, 1.54) is 14.2 Å². The molecule has 0 aromatic heterocycles. The lowest BCUT2D eigenvalue weighted by Crippen LogP contribution is -2.09. The van der Waals surface area contributed by atoms with Gasteiger partial charge in [0.25, 0.3) is 0 Å². The second kappa shape index (κ2) is 10.7. The number of rotatable bonds is 9. The summed E-state index contributed by atoms with van der Waals surface area (Å²) in [5.74, 6) is 0.120. The quantitative estimate of drug-likeness (QED) is 0.233. The first-order valence-corrected chi connectivity index (χ1v) is 11.1. The van der Waals surface area contributed by atoms with E-state index >= 15 is 0 Å². The molecule has 0 radical (unpaired) electrons. The number of carbonyl (C=O) groups is 2. The van der Waals surface area contributed by atoms with Crippen LogP contribution >= 0.6 is 0 Å². The number of ether oxygens (including phenoxy) is 4. The molecule has 0 unspecified atom stereocenters. The second-order valence-electron chi connectivity index (χ2n) is 7.78. The molecule has 0 aliphatic rings. The normalized spacial score (nSPS) is 10.8. The fraction of sp³-hybridized carbons (Fsp3) is 0.214. The number of unbranched alkanes of at least 4 members (excludes halogenated alkanes) is 1. The Morgan fingerprint density at radius 1 is 0.588 bits per heavy atom. The average Bonchev–Trinajstić information content (AvgIpc) is 2.88. The van der Waals surface area contributed by atoms with Gasteiger partial charge in [0.2, 0.25) is 0 Å². The minimum atomic E-state index is -0.435. The Kier molecular flexibility index (Phi) is 7.28. The number of fused-ring (bicyclic) bond motifs is 2. The second-order valence-corrected chi connectivity index (χ2v) is 7.78. The van der Waals surface area contributed by atoms with E-state index in [0.29, 0.717) is 48.7 Å². The zero-order chi connectivity index (χ0) is 23.9. The predicted octanol–water partition coefficient (Wildman–Crippen LogP) is 5.80. The van der Waals surface area contributed by atoms with Crippen molar-refractivity contribution in [2.24, 2.45) is 0 Å². The van der Waals surface area contributed by atoms with E-state index in [1.54, 1.807) is 12.1 Å². The Hall–Kier alpha value is -4.06. The van der Waals surface area contributed by atoms with Gasteiger partial charge in [-0.15, -0.1) is 0 Å². The lowest BCUT2D eigenvalue weighted by Gasteiger charge is -2.13. The van der Waals surface area contributed by atoms with Crippen molar-refractivity contribution in [1.29, 1.82) is 0 Å².